The minimum Gasteiger partial charge on any atom is -0.481 e. The Morgan fingerprint density at radius 3 is 2.39 bits per heavy atom. The summed E-state index contributed by atoms with van der Waals surface area (Å²) in [4.78, 5) is 10.9. The maximum absolute atomic E-state index is 10.9. The molecule has 0 bridgehead atoms. The van der Waals surface area contributed by atoms with E-state index in [9.17, 15) is 4.79 Å². The van der Waals surface area contributed by atoms with Crippen LogP contribution in [-0.4, -0.2) is 11.1 Å². The van der Waals surface area contributed by atoms with Gasteiger partial charge in [-0.3, -0.25) is 4.79 Å². The summed E-state index contributed by atoms with van der Waals surface area (Å²) < 4.78 is 0. The Labute approximate surface area is 110 Å². The molecular weight excluding hydrogens is 224 g/mol. The smallest absolute Gasteiger partial charge is 0.303 e. The second-order valence-corrected chi connectivity index (χ2v) is 5.48. The summed E-state index contributed by atoms with van der Waals surface area (Å²) in [5.74, 6) is 0.288. The lowest BCUT2D eigenvalue weighted by Crippen LogP contribution is -2.11. The van der Waals surface area contributed by atoms with Gasteiger partial charge in [-0.25, -0.2) is 0 Å². The number of rotatable bonds is 8. The van der Waals surface area contributed by atoms with Gasteiger partial charge < -0.3 is 5.11 Å². The van der Waals surface area contributed by atoms with Crippen molar-refractivity contribution < 1.29 is 9.90 Å². The average molecular weight is 248 g/mol. The fourth-order valence-electron chi connectivity index (χ4n) is 2.29. The number of hydrogen-bond donors (Lipinski definition) is 1. The first-order valence-corrected chi connectivity index (χ1v) is 6.83. The molecule has 0 aliphatic rings. The average Bonchev–Trinajstić information content (AvgIpc) is 2.28. The van der Waals surface area contributed by atoms with E-state index in [-0.39, 0.29) is 12.3 Å². The molecule has 0 saturated carbocycles. The molecule has 1 aromatic rings. The highest BCUT2D eigenvalue weighted by Gasteiger charge is 2.14. The summed E-state index contributed by atoms with van der Waals surface area (Å²) in [6, 6.07) is 10.2. The van der Waals surface area contributed by atoms with Gasteiger partial charge >= 0.3 is 5.97 Å². The third-order valence-corrected chi connectivity index (χ3v) is 3.22. The van der Waals surface area contributed by atoms with Crippen LogP contribution in [0.4, 0.5) is 0 Å². The number of hydrogen-bond acceptors (Lipinski definition) is 1. The van der Waals surface area contributed by atoms with Crippen LogP contribution < -0.4 is 0 Å². The summed E-state index contributed by atoms with van der Waals surface area (Å²) in [7, 11) is 0. The SMILES string of the molecule is CC(C)CCCC(CC(=O)O)Cc1ccccc1. The van der Waals surface area contributed by atoms with Gasteiger partial charge in [0, 0.05) is 6.42 Å². The van der Waals surface area contributed by atoms with Gasteiger partial charge in [0.2, 0.25) is 0 Å². The molecule has 1 atom stereocenters. The molecule has 0 fully saturated rings. The predicted octanol–water partition coefficient (Wildman–Crippen LogP) is 4.15. The Balaban J connectivity index is 2.47. The second kappa shape index (κ2) is 7.91. The summed E-state index contributed by atoms with van der Waals surface area (Å²) in [6.45, 7) is 4.42. The summed E-state index contributed by atoms with van der Waals surface area (Å²) >= 11 is 0. The van der Waals surface area contributed by atoms with Gasteiger partial charge in [-0.15, -0.1) is 0 Å². The van der Waals surface area contributed by atoms with Crippen molar-refractivity contribution in [3.8, 4) is 0 Å². The molecule has 100 valence electrons. The van der Waals surface area contributed by atoms with E-state index in [1.54, 1.807) is 0 Å². The van der Waals surface area contributed by atoms with E-state index in [2.05, 4.69) is 26.0 Å². The number of aliphatic carboxylic acids is 1. The largest absolute Gasteiger partial charge is 0.481 e. The van der Waals surface area contributed by atoms with Gasteiger partial charge in [-0.1, -0.05) is 57.0 Å². The highest BCUT2D eigenvalue weighted by Crippen LogP contribution is 2.20. The lowest BCUT2D eigenvalue weighted by atomic mass is 9.90. The van der Waals surface area contributed by atoms with E-state index >= 15 is 0 Å². The zero-order valence-electron chi connectivity index (χ0n) is 11.4. The number of carbonyl (C=O) groups is 1. The Bertz CT molecular complexity index is 343. The molecule has 0 aromatic heterocycles. The molecule has 0 heterocycles. The molecule has 1 N–H and O–H groups in total. The molecule has 2 heteroatoms. The van der Waals surface area contributed by atoms with Crippen LogP contribution in [0, 0.1) is 11.8 Å². The predicted molar refractivity (Wildman–Crippen MR) is 74.6 cm³/mol. The van der Waals surface area contributed by atoms with Gasteiger partial charge in [0.25, 0.3) is 0 Å². The molecule has 1 unspecified atom stereocenters. The fraction of sp³-hybridized carbons (Fsp3) is 0.562. The van der Waals surface area contributed by atoms with E-state index in [4.69, 9.17) is 5.11 Å². The molecule has 2 nitrogen and oxygen atoms in total. The minimum atomic E-state index is -0.680. The van der Waals surface area contributed by atoms with Gasteiger partial charge in [0.15, 0.2) is 0 Å². The number of carboxylic acids is 1. The zero-order chi connectivity index (χ0) is 13.4. The van der Waals surface area contributed by atoms with Gasteiger partial charge in [-0.2, -0.15) is 0 Å². The zero-order valence-corrected chi connectivity index (χ0v) is 11.4. The van der Waals surface area contributed by atoms with E-state index in [1.165, 1.54) is 12.0 Å². The maximum atomic E-state index is 10.9. The second-order valence-electron chi connectivity index (χ2n) is 5.48. The summed E-state index contributed by atoms with van der Waals surface area (Å²) in [5.41, 5.74) is 1.24. The van der Waals surface area contributed by atoms with Crippen LogP contribution in [0.15, 0.2) is 30.3 Å². The molecule has 0 saturated heterocycles. The van der Waals surface area contributed by atoms with Crippen molar-refractivity contribution in [3.05, 3.63) is 35.9 Å². The van der Waals surface area contributed by atoms with Gasteiger partial charge in [0.1, 0.15) is 0 Å². The van der Waals surface area contributed by atoms with Crippen molar-refractivity contribution in [3.63, 3.8) is 0 Å². The minimum absolute atomic E-state index is 0.267. The van der Waals surface area contributed by atoms with Crippen LogP contribution in [0.2, 0.25) is 0 Å². The molecule has 18 heavy (non-hydrogen) atoms. The first-order valence-electron chi connectivity index (χ1n) is 6.83. The van der Waals surface area contributed by atoms with Crippen LogP contribution in [0.25, 0.3) is 0 Å². The molecule has 1 aromatic carbocycles. The molecular formula is C16H24O2. The molecule has 0 radical (unpaired) electrons. The maximum Gasteiger partial charge on any atom is 0.303 e. The van der Waals surface area contributed by atoms with Gasteiger partial charge in [0.05, 0.1) is 0 Å². The Hall–Kier alpha value is -1.31. The van der Waals surface area contributed by atoms with Gasteiger partial charge in [-0.05, 0) is 30.2 Å². The van der Waals surface area contributed by atoms with E-state index in [0.29, 0.717) is 5.92 Å². The van der Waals surface area contributed by atoms with Crippen LogP contribution in [0.3, 0.4) is 0 Å². The standard InChI is InChI=1S/C16H24O2/c1-13(2)7-6-10-15(12-16(17)18)11-14-8-4-3-5-9-14/h3-5,8-9,13,15H,6-7,10-12H2,1-2H3,(H,17,18). The molecule has 1 rings (SSSR count). The molecule has 0 aliphatic heterocycles. The summed E-state index contributed by atoms with van der Waals surface area (Å²) in [6.07, 6.45) is 4.49. The van der Waals surface area contributed by atoms with Crippen molar-refractivity contribution in [2.45, 2.75) is 46.0 Å². The third-order valence-electron chi connectivity index (χ3n) is 3.22. The molecule has 0 amide bonds. The first kappa shape index (κ1) is 14.7. The van der Waals surface area contributed by atoms with Crippen molar-refractivity contribution in [1.29, 1.82) is 0 Å². The lowest BCUT2D eigenvalue weighted by molar-refractivity contribution is -0.138. The molecule has 0 aliphatic carbocycles. The van der Waals surface area contributed by atoms with Crippen molar-refractivity contribution >= 4 is 5.97 Å². The van der Waals surface area contributed by atoms with Crippen molar-refractivity contribution in [1.82, 2.24) is 0 Å². The van der Waals surface area contributed by atoms with E-state index in [0.717, 1.165) is 19.3 Å². The van der Waals surface area contributed by atoms with Crippen molar-refractivity contribution in [2.75, 3.05) is 0 Å². The topological polar surface area (TPSA) is 37.3 Å². The van der Waals surface area contributed by atoms with Crippen LogP contribution >= 0.6 is 0 Å². The van der Waals surface area contributed by atoms with Crippen molar-refractivity contribution in [2.24, 2.45) is 11.8 Å². The Morgan fingerprint density at radius 1 is 1.17 bits per heavy atom. The Morgan fingerprint density at radius 2 is 1.83 bits per heavy atom. The molecule has 0 spiro atoms. The Kier molecular flexibility index (Phi) is 6.48. The monoisotopic (exact) mass is 248 g/mol. The number of benzene rings is 1. The van der Waals surface area contributed by atoms with E-state index in [1.807, 2.05) is 18.2 Å². The highest BCUT2D eigenvalue weighted by molar-refractivity contribution is 5.67. The first-order chi connectivity index (χ1) is 8.58. The van der Waals surface area contributed by atoms with Crippen LogP contribution in [0.5, 0.6) is 0 Å². The van der Waals surface area contributed by atoms with E-state index < -0.39 is 5.97 Å². The lowest BCUT2D eigenvalue weighted by Gasteiger charge is -2.15. The van der Waals surface area contributed by atoms with Crippen LogP contribution in [0.1, 0.15) is 45.1 Å². The quantitative estimate of drug-likeness (QED) is 0.750. The number of carboxylic acid groups (broad SMARTS) is 1. The van der Waals surface area contributed by atoms with Crippen LogP contribution in [-0.2, 0) is 11.2 Å². The normalized spacial score (nSPS) is 12.6. The fourth-order valence-corrected chi connectivity index (χ4v) is 2.29. The third kappa shape index (κ3) is 6.43. The summed E-state index contributed by atoms with van der Waals surface area (Å²) in [5, 5.41) is 8.97. The highest BCUT2D eigenvalue weighted by atomic mass is 16.4.